The van der Waals surface area contributed by atoms with Crippen LogP contribution in [0.5, 0.6) is 0 Å². The molecule has 1 atom stereocenters. The summed E-state index contributed by atoms with van der Waals surface area (Å²) in [5.74, 6) is -0.0948. The molecule has 0 unspecified atom stereocenters. The molecule has 3 rings (SSSR count). The molecule has 1 saturated heterocycles. The summed E-state index contributed by atoms with van der Waals surface area (Å²) in [5.41, 5.74) is 2.59. The summed E-state index contributed by atoms with van der Waals surface area (Å²) in [4.78, 5) is 26.4. The molecule has 0 saturated carbocycles. The van der Waals surface area contributed by atoms with Crippen molar-refractivity contribution in [3.63, 3.8) is 0 Å². The zero-order valence-corrected chi connectivity index (χ0v) is 17.4. The van der Waals surface area contributed by atoms with Crippen LogP contribution in [-0.4, -0.2) is 17.6 Å². The maximum atomic E-state index is 14.0. The number of thioether (sulfide) groups is 1. The van der Waals surface area contributed by atoms with E-state index >= 15 is 0 Å². The largest absolute Gasteiger partial charge is 0.326 e. The number of rotatable bonds is 4. The Morgan fingerprint density at radius 3 is 2.68 bits per heavy atom. The van der Waals surface area contributed by atoms with Gasteiger partial charge in [0.1, 0.15) is 11.2 Å². The minimum atomic E-state index is -0.329. The van der Waals surface area contributed by atoms with Gasteiger partial charge < -0.3 is 5.32 Å². The van der Waals surface area contributed by atoms with Crippen molar-refractivity contribution in [2.75, 3.05) is 16.0 Å². The van der Waals surface area contributed by atoms with Crippen molar-refractivity contribution >= 4 is 35.0 Å². The second kappa shape index (κ2) is 7.95. The molecule has 0 aromatic heterocycles. The van der Waals surface area contributed by atoms with Crippen molar-refractivity contribution in [3.8, 4) is 0 Å². The number of hydrogen-bond donors (Lipinski definition) is 1. The number of aryl methyl sites for hydroxylation is 1. The Labute approximate surface area is 169 Å². The highest BCUT2D eigenvalue weighted by atomic mass is 32.2. The maximum Gasteiger partial charge on any atom is 0.238 e. The molecule has 1 heterocycles. The van der Waals surface area contributed by atoms with E-state index in [0.29, 0.717) is 29.1 Å². The lowest BCUT2D eigenvalue weighted by atomic mass is 9.92. The molecule has 1 aliphatic heterocycles. The Hall–Kier alpha value is -2.34. The number of nitrogens with one attached hydrogen (secondary N) is 1. The summed E-state index contributed by atoms with van der Waals surface area (Å²) < 4.78 is 14.0. The Balaban J connectivity index is 1.84. The van der Waals surface area contributed by atoms with E-state index in [4.69, 9.17) is 0 Å². The fourth-order valence-electron chi connectivity index (χ4n) is 3.14. The molecule has 1 N–H and O–H groups in total. The van der Waals surface area contributed by atoms with E-state index in [0.717, 1.165) is 5.56 Å². The Morgan fingerprint density at radius 2 is 2.00 bits per heavy atom. The van der Waals surface area contributed by atoms with E-state index in [1.807, 2.05) is 45.0 Å². The molecule has 2 amide bonds. The number of carbonyl (C=O) groups is 2. The van der Waals surface area contributed by atoms with Gasteiger partial charge in [-0.3, -0.25) is 14.5 Å². The summed E-state index contributed by atoms with van der Waals surface area (Å²) in [6.07, 6.45) is 0.419. The average molecular weight is 401 g/mol. The topological polar surface area (TPSA) is 49.4 Å². The van der Waals surface area contributed by atoms with Gasteiger partial charge in [-0.1, -0.05) is 39.0 Å². The lowest BCUT2D eigenvalue weighted by molar-refractivity contribution is -0.118. The van der Waals surface area contributed by atoms with Crippen LogP contribution in [0.4, 0.5) is 15.8 Å². The standard InChI is InChI=1S/C22H25FN2O2S/c1-14-8-9-17(11-18(14)23)25-20(27)13-28-21(25)15-6-5-7-16(10-15)24-19(26)12-22(2,3)4/h5-11,21H,12-13H2,1-4H3,(H,24,26)/t21-/m1/s1. The number of amides is 2. The molecule has 0 aliphatic carbocycles. The van der Waals surface area contributed by atoms with Crippen LogP contribution in [0.25, 0.3) is 0 Å². The van der Waals surface area contributed by atoms with Crippen molar-refractivity contribution in [1.82, 2.24) is 0 Å². The molecule has 6 heteroatoms. The second-order valence-electron chi connectivity index (χ2n) is 8.27. The van der Waals surface area contributed by atoms with E-state index < -0.39 is 0 Å². The Bertz CT molecular complexity index is 908. The van der Waals surface area contributed by atoms with Crippen LogP contribution in [0.15, 0.2) is 42.5 Å². The highest BCUT2D eigenvalue weighted by molar-refractivity contribution is 8.00. The molecule has 4 nitrogen and oxygen atoms in total. The van der Waals surface area contributed by atoms with Crippen LogP contribution < -0.4 is 10.2 Å². The Morgan fingerprint density at radius 1 is 1.25 bits per heavy atom. The van der Waals surface area contributed by atoms with Crippen molar-refractivity contribution < 1.29 is 14.0 Å². The predicted molar refractivity (Wildman–Crippen MR) is 113 cm³/mol. The smallest absolute Gasteiger partial charge is 0.238 e. The minimum Gasteiger partial charge on any atom is -0.326 e. The number of carbonyl (C=O) groups excluding carboxylic acids is 2. The van der Waals surface area contributed by atoms with Gasteiger partial charge in [0.2, 0.25) is 11.8 Å². The van der Waals surface area contributed by atoms with E-state index in [2.05, 4.69) is 5.32 Å². The van der Waals surface area contributed by atoms with Crippen LogP contribution in [0.3, 0.4) is 0 Å². The second-order valence-corrected chi connectivity index (χ2v) is 9.34. The van der Waals surface area contributed by atoms with Crippen LogP contribution in [-0.2, 0) is 9.59 Å². The zero-order chi connectivity index (χ0) is 20.5. The first-order valence-corrected chi connectivity index (χ1v) is 10.3. The molecule has 1 fully saturated rings. The Kier molecular flexibility index (Phi) is 5.79. The van der Waals surface area contributed by atoms with Gasteiger partial charge in [-0.05, 0) is 47.7 Å². The molecule has 28 heavy (non-hydrogen) atoms. The van der Waals surface area contributed by atoms with Gasteiger partial charge in [0.25, 0.3) is 0 Å². The summed E-state index contributed by atoms with van der Waals surface area (Å²) in [5, 5.41) is 2.68. The fraction of sp³-hybridized carbons (Fsp3) is 0.364. The van der Waals surface area contributed by atoms with Gasteiger partial charge in [-0.15, -0.1) is 11.8 Å². The number of anilines is 2. The lowest BCUT2D eigenvalue weighted by Crippen LogP contribution is -2.28. The molecule has 2 aromatic rings. The average Bonchev–Trinajstić information content (AvgIpc) is 2.97. The quantitative estimate of drug-likeness (QED) is 0.759. The summed E-state index contributed by atoms with van der Waals surface area (Å²) in [7, 11) is 0. The summed E-state index contributed by atoms with van der Waals surface area (Å²) >= 11 is 1.50. The van der Waals surface area contributed by atoms with Gasteiger partial charge in [0, 0.05) is 17.8 Å². The van der Waals surface area contributed by atoms with Gasteiger partial charge in [-0.2, -0.15) is 0 Å². The first kappa shape index (κ1) is 20.4. The monoisotopic (exact) mass is 400 g/mol. The van der Waals surface area contributed by atoms with E-state index in [1.54, 1.807) is 24.0 Å². The van der Waals surface area contributed by atoms with Crippen LogP contribution >= 0.6 is 11.8 Å². The molecule has 1 aliphatic rings. The third-order valence-corrected chi connectivity index (χ3v) is 5.66. The first-order valence-electron chi connectivity index (χ1n) is 9.24. The fourth-order valence-corrected chi connectivity index (χ4v) is 4.31. The molecule has 0 spiro atoms. The van der Waals surface area contributed by atoms with Gasteiger partial charge >= 0.3 is 0 Å². The van der Waals surface area contributed by atoms with Crippen molar-refractivity contribution in [1.29, 1.82) is 0 Å². The number of halogens is 1. The first-order chi connectivity index (χ1) is 13.1. The van der Waals surface area contributed by atoms with E-state index in [9.17, 15) is 14.0 Å². The molecular weight excluding hydrogens is 375 g/mol. The molecule has 148 valence electrons. The van der Waals surface area contributed by atoms with Crippen molar-refractivity contribution in [2.24, 2.45) is 5.41 Å². The third-order valence-electron chi connectivity index (χ3n) is 4.45. The third kappa shape index (κ3) is 4.73. The van der Waals surface area contributed by atoms with E-state index in [-0.39, 0.29) is 28.4 Å². The maximum absolute atomic E-state index is 14.0. The van der Waals surface area contributed by atoms with Gasteiger partial charge in [0.15, 0.2) is 0 Å². The van der Waals surface area contributed by atoms with Crippen molar-refractivity contribution in [3.05, 3.63) is 59.4 Å². The zero-order valence-electron chi connectivity index (χ0n) is 16.6. The number of hydrogen-bond acceptors (Lipinski definition) is 3. The predicted octanol–water partition coefficient (Wildman–Crippen LogP) is 5.29. The molecule has 0 radical (unpaired) electrons. The molecule has 2 aromatic carbocycles. The van der Waals surface area contributed by atoms with Gasteiger partial charge in [-0.25, -0.2) is 4.39 Å². The lowest BCUT2D eigenvalue weighted by Gasteiger charge is -2.25. The summed E-state index contributed by atoms with van der Waals surface area (Å²) in [6, 6.07) is 12.4. The van der Waals surface area contributed by atoms with Crippen LogP contribution in [0, 0.1) is 18.2 Å². The van der Waals surface area contributed by atoms with Crippen LogP contribution in [0.1, 0.15) is 43.7 Å². The molecular formula is C22H25FN2O2S. The van der Waals surface area contributed by atoms with Crippen molar-refractivity contribution in [2.45, 2.75) is 39.5 Å². The number of nitrogens with zero attached hydrogens (tertiary/aromatic N) is 1. The minimum absolute atomic E-state index is 0.0442. The number of benzene rings is 2. The SMILES string of the molecule is Cc1ccc(N2C(=O)CS[C@@H]2c2cccc(NC(=O)CC(C)(C)C)c2)cc1F. The normalized spacial score (nSPS) is 17.1. The molecule has 0 bridgehead atoms. The highest BCUT2D eigenvalue weighted by Gasteiger charge is 2.34. The van der Waals surface area contributed by atoms with E-state index in [1.165, 1.54) is 17.8 Å². The highest BCUT2D eigenvalue weighted by Crippen LogP contribution is 2.42. The summed E-state index contributed by atoms with van der Waals surface area (Å²) in [6.45, 7) is 7.74. The van der Waals surface area contributed by atoms with Crippen LogP contribution in [0.2, 0.25) is 0 Å². The van der Waals surface area contributed by atoms with Gasteiger partial charge in [0.05, 0.1) is 5.75 Å².